The van der Waals surface area contributed by atoms with Crippen LogP contribution in [0.5, 0.6) is 0 Å². The largest absolute Gasteiger partial charge is 0.401 e. The van der Waals surface area contributed by atoms with E-state index in [2.05, 4.69) is 0 Å². The molecule has 0 aliphatic carbocycles. The van der Waals surface area contributed by atoms with E-state index in [1.807, 2.05) is 6.92 Å². The topological polar surface area (TPSA) is 64.5 Å². The van der Waals surface area contributed by atoms with Crippen LogP contribution >= 0.6 is 0 Å². The quantitative estimate of drug-likeness (QED) is 0.467. The normalized spacial score (nSPS) is 12.7. The lowest BCUT2D eigenvalue weighted by Gasteiger charge is -2.18. The molecular formula is C8H19N3O. The fourth-order valence-corrected chi connectivity index (χ4v) is 0.966. The van der Waals surface area contributed by atoms with E-state index >= 15 is 0 Å². The van der Waals surface area contributed by atoms with Gasteiger partial charge in [-0.15, -0.1) is 0 Å². The minimum atomic E-state index is 0.650. The standard InChI is InChI=1S/C8H19N3O/c1-4-7(9)8(11(2)10)5-6-12-3/h4-6,9-10H2,1-3H3/b8-7-. The molecule has 0 aromatic heterocycles. The highest BCUT2D eigenvalue weighted by molar-refractivity contribution is 5.08. The second-order valence-corrected chi connectivity index (χ2v) is 2.68. The fourth-order valence-electron chi connectivity index (χ4n) is 0.966. The van der Waals surface area contributed by atoms with Crippen LogP contribution in [0.2, 0.25) is 0 Å². The van der Waals surface area contributed by atoms with Gasteiger partial charge in [-0.1, -0.05) is 6.92 Å². The predicted molar refractivity (Wildman–Crippen MR) is 49.9 cm³/mol. The van der Waals surface area contributed by atoms with Gasteiger partial charge in [0.15, 0.2) is 0 Å². The molecule has 0 amide bonds. The van der Waals surface area contributed by atoms with Crippen LogP contribution in [-0.4, -0.2) is 25.8 Å². The Kier molecular flexibility index (Phi) is 5.49. The molecule has 0 saturated heterocycles. The molecule has 72 valence electrons. The summed E-state index contributed by atoms with van der Waals surface area (Å²) < 4.78 is 4.95. The zero-order valence-electron chi connectivity index (χ0n) is 8.13. The van der Waals surface area contributed by atoms with Crippen molar-refractivity contribution in [3.8, 4) is 0 Å². The number of nitrogens with two attached hydrogens (primary N) is 2. The van der Waals surface area contributed by atoms with Crippen LogP contribution in [-0.2, 0) is 4.74 Å². The number of allylic oxidation sites excluding steroid dienone is 1. The number of methoxy groups -OCH3 is 1. The third-order valence-electron chi connectivity index (χ3n) is 1.72. The number of nitrogens with zero attached hydrogens (tertiary/aromatic N) is 1. The van der Waals surface area contributed by atoms with Gasteiger partial charge in [-0.2, -0.15) is 0 Å². The number of ether oxygens (including phenoxy) is 1. The summed E-state index contributed by atoms with van der Waals surface area (Å²) in [6.45, 7) is 2.66. The molecule has 0 aromatic carbocycles. The summed E-state index contributed by atoms with van der Waals surface area (Å²) >= 11 is 0. The third kappa shape index (κ3) is 3.59. The van der Waals surface area contributed by atoms with Gasteiger partial charge in [-0.3, -0.25) is 0 Å². The monoisotopic (exact) mass is 173 g/mol. The molecule has 4 heteroatoms. The molecule has 0 saturated carbocycles. The molecule has 0 atom stereocenters. The van der Waals surface area contributed by atoms with E-state index in [0.717, 1.165) is 24.2 Å². The lowest BCUT2D eigenvalue weighted by Crippen LogP contribution is -2.28. The molecule has 0 heterocycles. The van der Waals surface area contributed by atoms with Crippen molar-refractivity contribution in [2.45, 2.75) is 19.8 Å². The SMILES string of the molecule is CC/C(N)=C(\CCOC)N(C)N. The summed E-state index contributed by atoms with van der Waals surface area (Å²) in [6.07, 6.45) is 1.59. The van der Waals surface area contributed by atoms with Crippen LogP contribution in [0.1, 0.15) is 19.8 Å². The van der Waals surface area contributed by atoms with Crippen molar-refractivity contribution >= 4 is 0 Å². The van der Waals surface area contributed by atoms with E-state index in [9.17, 15) is 0 Å². The summed E-state index contributed by atoms with van der Waals surface area (Å²) in [7, 11) is 3.45. The molecule has 4 nitrogen and oxygen atoms in total. The summed E-state index contributed by atoms with van der Waals surface area (Å²) in [5.74, 6) is 5.59. The van der Waals surface area contributed by atoms with E-state index in [-0.39, 0.29) is 0 Å². The van der Waals surface area contributed by atoms with Gasteiger partial charge >= 0.3 is 0 Å². The van der Waals surface area contributed by atoms with Crippen LogP contribution in [0.4, 0.5) is 0 Å². The summed E-state index contributed by atoms with van der Waals surface area (Å²) in [4.78, 5) is 0. The van der Waals surface area contributed by atoms with Gasteiger partial charge in [-0.05, 0) is 6.42 Å². The summed E-state index contributed by atoms with van der Waals surface area (Å²) in [5, 5.41) is 1.55. The molecule has 0 aliphatic rings. The Balaban J connectivity index is 4.22. The second-order valence-electron chi connectivity index (χ2n) is 2.68. The molecule has 4 N–H and O–H groups in total. The number of hydrogen-bond acceptors (Lipinski definition) is 4. The van der Waals surface area contributed by atoms with Gasteiger partial charge in [0.05, 0.1) is 6.61 Å². The van der Waals surface area contributed by atoms with Gasteiger partial charge in [0.2, 0.25) is 0 Å². The minimum absolute atomic E-state index is 0.650. The lowest BCUT2D eigenvalue weighted by molar-refractivity contribution is 0.193. The zero-order valence-corrected chi connectivity index (χ0v) is 8.13. The minimum Gasteiger partial charge on any atom is -0.401 e. The average molecular weight is 173 g/mol. The molecule has 12 heavy (non-hydrogen) atoms. The van der Waals surface area contributed by atoms with Crippen molar-refractivity contribution in [3.05, 3.63) is 11.4 Å². The Bertz CT molecular complexity index is 154. The summed E-state index contributed by atoms with van der Waals surface area (Å²) in [5.41, 5.74) is 7.55. The predicted octanol–water partition coefficient (Wildman–Crippen LogP) is 0.409. The van der Waals surface area contributed by atoms with Crippen LogP contribution in [0.25, 0.3) is 0 Å². The second kappa shape index (κ2) is 5.85. The Morgan fingerprint density at radius 2 is 2.08 bits per heavy atom. The van der Waals surface area contributed by atoms with Crippen molar-refractivity contribution in [2.24, 2.45) is 11.6 Å². The molecule has 0 aliphatic heterocycles. The smallest absolute Gasteiger partial charge is 0.0518 e. The fraction of sp³-hybridized carbons (Fsp3) is 0.750. The highest BCUT2D eigenvalue weighted by Crippen LogP contribution is 2.08. The van der Waals surface area contributed by atoms with E-state index < -0.39 is 0 Å². The van der Waals surface area contributed by atoms with Crippen molar-refractivity contribution < 1.29 is 4.74 Å². The number of rotatable bonds is 5. The van der Waals surface area contributed by atoms with Gasteiger partial charge in [0, 0.05) is 32.0 Å². The van der Waals surface area contributed by atoms with Gasteiger partial charge < -0.3 is 15.5 Å². The van der Waals surface area contributed by atoms with Crippen molar-refractivity contribution in [1.29, 1.82) is 0 Å². The highest BCUT2D eigenvalue weighted by atomic mass is 16.5. The van der Waals surface area contributed by atoms with Gasteiger partial charge in [0.1, 0.15) is 0 Å². The first-order valence-corrected chi connectivity index (χ1v) is 4.08. The first-order valence-electron chi connectivity index (χ1n) is 4.08. The van der Waals surface area contributed by atoms with E-state index in [1.165, 1.54) is 0 Å². The van der Waals surface area contributed by atoms with Crippen molar-refractivity contribution in [3.63, 3.8) is 0 Å². The first-order chi connectivity index (χ1) is 5.63. The van der Waals surface area contributed by atoms with Crippen LogP contribution in [0.3, 0.4) is 0 Å². The van der Waals surface area contributed by atoms with E-state index in [4.69, 9.17) is 16.3 Å². The Morgan fingerprint density at radius 1 is 1.50 bits per heavy atom. The molecule has 0 spiro atoms. The molecule has 0 fully saturated rings. The van der Waals surface area contributed by atoms with Crippen molar-refractivity contribution in [2.75, 3.05) is 20.8 Å². The maximum atomic E-state index is 5.76. The molecule has 0 unspecified atom stereocenters. The summed E-state index contributed by atoms with van der Waals surface area (Å²) in [6, 6.07) is 0. The van der Waals surface area contributed by atoms with E-state index in [0.29, 0.717) is 6.61 Å². The molecule has 0 bridgehead atoms. The molecule has 0 radical (unpaired) electrons. The van der Waals surface area contributed by atoms with Crippen molar-refractivity contribution in [1.82, 2.24) is 5.01 Å². The lowest BCUT2D eigenvalue weighted by atomic mass is 10.2. The maximum Gasteiger partial charge on any atom is 0.0518 e. The van der Waals surface area contributed by atoms with E-state index in [1.54, 1.807) is 19.2 Å². The van der Waals surface area contributed by atoms with Crippen LogP contribution in [0.15, 0.2) is 11.4 Å². The van der Waals surface area contributed by atoms with Crippen LogP contribution < -0.4 is 11.6 Å². The average Bonchev–Trinajstić information content (AvgIpc) is 2.04. The maximum absolute atomic E-state index is 5.76. The molecular weight excluding hydrogens is 154 g/mol. The molecule has 0 rings (SSSR count). The zero-order chi connectivity index (χ0) is 9.56. The Labute approximate surface area is 74.1 Å². The van der Waals surface area contributed by atoms with Crippen LogP contribution in [0, 0.1) is 0 Å². The third-order valence-corrected chi connectivity index (χ3v) is 1.72. The van der Waals surface area contributed by atoms with Gasteiger partial charge in [0.25, 0.3) is 0 Å². The number of hydrazine groups is 1. The Hall–Kier alpha value is -0.740. The van der Waals surface area contributed by atoms with Gasteiger partial charge in [-0.25, -0.2) is 5.84 Å². The number of hydrogen-bond donors (Lipinski definition) is 2. The Morgan fingerprint density at radius 3 is 2.42 bits per heavy atom. The highest BCUT2D eigenvalue weighted by Gasteiger charge is 2.04. The molecule has 0 aromatic rings. The first kappa shape index (κ1) is 11.3.